The number of carboxylic acids is 4. The molecule has 0 aromatic rings. The fourth-order valence-corrected chi connectivity index (χ4v) is 6.56. The Morgan fingerprint density at radius 1 is 0.596 bits per heavy atom. The molecule has 0 radical (unpaired) electrons. The first-order chi connectivity index (χ1) is 26.6. The van der Waals surface area contributed by atoms with E-state index in [1.807, 2.05) is 0 Å². The summed E-state index contributed by atoms with van der Waals surface area (Å²) in [5, 5.41) is 52.1. The van der Waals surface area contributed by atoms with Crippen LogP contribution in [0, 0.1) is 23.7 Å². The average molecular weight is 831 g/mol. The van der Waals surface area contributed by atoms with Crippen LogP contribution >= 0.6 is 12.6 Å². The smallest absolute Gasteiger partial charge is 0.327 e. The van der Waals surface area contributed by atoms with E-state index in [1.165, 1.54) is 0 Å². The standard InChI is InChI=1S/C36H58N6O14S/c1-6-18(4)28(33(50)40-23(13-20-10-8-7-9-11-20)29(46)41-26(16-57)36(55)56)42-32(49)22(12-17(2)3)38-30(47)24(14-21(34(51)52)35(53)54)39-31(48)25(15-27(44)45)37-19(5)43/h17-18,20-26,28,57H,6-16H2,1-5H3,(H,37,43)(H,38,47)(H,39,48)(H,40,50)(H,41,46)(H,42,49)(H,44,45)(H,51,52)(H,53,54)(H,55,56)/t18-,22-,23-,24+,25-,26+,28-/m0/s1. The zero-order chi connectivity index (χ0) is 43.6. The summed E-state index contributed by atoms with van der Waals surface area (Å²) in [4.78, 5) is 126. The van der Waals surface area contributed by atoms with E-state index in [0.717, 1.165) is 39.0 Å². The molecule has 1 fully saturated rings. The molecule has 0 spiro atoms. The second-order valence-electron chi connectivity index (χ2n) is 14.8. The molecule has 0 aliphatic heterocycles. The highest BCUT2D eigenvalue weighted by Crippen LogP contribution is 2.27. The summed E-state index contributed by atoms with van der Waals surface area (Å²) in [7, 11) is 0. The maximum atomic E-state index is 13.9. The van der Waals surface area contributed by atoms with Crippen molar-refractivity contribution in [3.8, 4) is 0 Å². The second kappa shape index (κ2) is 24.6. The van der Waals surface area contributed by atoms with Crippen LogP contribution in [0.1, 0.15) is 98.8 Å². The number of amides is 6. The van der Waals surface area contributed by atoms with Gasteiger partial charge in [-0.1, -0.05) is 66.2 Å². The normalized spacial score (nSPS) is 16.7. The Morgan fingerprint density at radius 2 is 1.07 bits per heavy atom. The maximum Gasteiger partial charge on any atom is 0.327 e. The molecule has 0 aromatic heterocycles. The molecule has 7 atom stereocenters. The summed E-state index contributed by atoms with van der Waals surface area (Å²) in [6.45, 7) is 7.79. The molecular formula is C36H58N6O14S. The van der Waals surface area contributed by atoms with Crippen LogP contribution in [-0.4, -0.2) is 122 Å². The number of thiol groups is 1. The lowest BCUT2D eigenvalue weighted by Gasteiger charge is -2.31. The van der Waals surface area contributed by atoms with Crippen molar-refractivity contribution in [3.05, 3.63) is 0 Å². The Hall–Kier alpha value is -4.95. The van der Waals surface area contributed by atoms with Crippen molar-refractivity contribution in [2.75, 3.05) is 5.75 Å². The van der Waals surface area contributed by atoms with Crippen molar-refractivity contribution in [1.82, 2.24) is 31.9 Å². The molecule has 0 saturated heterocycles. The van der Waals surface area contributed by atoms with E-state index < -0.39 is 120 Å². The van der Waals surface area contributed by atoms with Crippen molar-refractivity contribution >= 4 is 71.9 Å². The number of hydrogen-bond acceptors (Lipinski definition) is 11. The van der Waals surface area contributed by atoms with Crippen molar-refractivity contribution in [3.63, 3.8) is 0 Å². The van der Waals surface area contributed by atoms with E-state index >= 15 is 0 Å². The lowest BCUT2D eigenvalue weighted by molar-refractivity contribution is -0.155. The van der Waals surface area contributed by atoms with Gasteiger partial charge >= 0.3 is 23.9 Å². The molecule has 0 unspecified atom stereocenters. The molecule has 1 saturated carbocycles. The van der Waals surface area contributed by atoms with Crippen molar-refractivity contribution in [1.29, 1.82) is 0 Å². The summed E-state index contributed by atoms with van der Waals surface area (Å²) < 4.78 is 0. The number of hydrogen-bond donors (Lipinski definition) is 11. The van der Waals surface area contributed by atoms with Crippen LogP contribution in [0.3, 0.4) is 0 Å². The summed E-state index contributed by atoms with van der Waals surface area (Å²) in [6.07, 6.45) is 2.95. The Balaban J connectivity index is 3.48. The van der Waals surface area contributed by atoms with Gasteiger partial charge in [-0.05, 0) is 30.6 Å². The fourth-order valence-electron chi connectivity index (χ4n) is 6.31. The van der Waals surface area contributed by atoms with Crippen molar-refractivity contribution < 1.29 is 68.4 Å². The second-order valence-corrected chi connectivity index (χ2v) is 15.2. The number of carbonyl (C=O) groups excluding carboxylic acids is 6. The molecule has 0 heterocycles. The lowest BCUT2D eigenvalue weighted by Crippen LogP contribution is -2.61. The first kappa shape index (κ1) is 50.1. The van der Waals surface area contributed by atoms with E-state index in [1.54, 1.807) is 27.7 Å². The van der Waals surface area contributed by atoms with Crippen LogP contribution in [0.15, 0.2) is 0 Å². The molecule has 1 aliphatic rings. The van der Waals surface area contributed by atoms with Gasteiger partial charge in [-0.25, -0.2) is 4.79 Å². The number of carbonyl (C=O) groups is 10. The van der Waals surface area contributed by atoms with Gasteiger partial charge < -0.3 is 52.3 Å². The van der Waals surface area contributed by atoms with Gasteiger partial charge in [-0.3, -0.25) is 43.2 Å². The van der Waals surface area contributed by atoms with Gasteiger partial charge in [0.05, 0.1) is 6.42 Å². The summed E-state index contributed by atoms with van der Waals surface area (Å²) in [5.74, 6) is -15.5. The number of carboxylic acid groups (broad SMARTS) is 4. The predicted octanol–water partition coefficient (Wildman–Crippen LogP) is -0.358. The lowest BCUT2D eigenvalue weighted by atomic mass is 9.84. The summed E-state index contributed by atoms with van der Waals surface area (Å²) in [6, 6.07) is -8.96. The number of aliphatic carboxylic acids is 4. The number of nitrogens with one attached hydrogen (secondary N) is 6. The zero-order valence-corrected chi connectivity index (χ0v) is 33.8. The molecule has 1 aliphatic carbocycles. The third-order valence-corrected chi connectivity index (χ3v) is 10.00. The first-order valence-corrected chi connectivity index (χ1v) is 19.5. The van der Waals surface area contributed by atoms with Crippen LogP contribution in [0.25, 0.3) is 0 Å². The van der Waals surface area contributed by atoms with Gasteiger partial charge in [0.25, 0.3) is 0 Å². The first-order valence-electron chi connectivity index (χ1n) is 18.9. The maximum absolute atomic E-state index is 13.9. The predicted molar refractivity (Wildman–Crippen MR) is 204 cm³/mol. The molecule has 10 N–H and O–H groups in total. The van der Waals surface area contributed by atoms with Crippen LogP contribution in [0.4, 0.5) is 0 Å². The van der Waals surface area contributed by atoms with Gasteiger partial charge in [0.15, 0.2) is 5.92 Å². The molecule has 322 valence electrons. The molecule has 20 nitrogen and oxygen atoms in total. The van der Waals surface area contributed by atoms with Crippen molar-refractivity contribution in [2.45, 2.75) is 135 Å². The van der Waals surface area contributed by atoms with E-state index in [0.29, 0.717) is 6.42 Å². The van der Waals surface area contributed by atoms with Crippen LogP contribution in [0.5, 0.6) is 0 Å². The van der Waals surface area contributed by atoms with Gasteiger partial charge in [0, 0.05) is 19.1 Å². The average Bonchev–Trinajstić information content (AvgIpc) is 3.12. The van der Waals surface area contributed by atoms with E-state index in [4.69, 9.17) is 0 Å². The Kier molecular flexibility index (Phi) is 21.6. The van der Waals surface area contributed by atoms with Crippen LogP contribution in [-0.2, 0) is 47.9 Å². The summed E-state index contributed by atoms with van der Waals surface area (Å²) in [5.41, 5.74) is 0. The van der Waals surface area contributed by atoms with E-state index in [9.17, 15) is 68.4 Å². The molecule has 0 bridgehead atoms. The minimum absolute atomic E-state index is 0.0595. The van der Waals surface area contributed by atoms with Gasteiger partial charge in [0.1, 0.15) is 36.3 Å². The molecular weight excluding hydrogens is 772 g/mol. The minimum atomic E-state index is -2.24. The SMILES string of the molecule is CC[C@H](C)[C@H](NC(=O)[C@H](CC(C)C)NC(=O)[C@@H](CC(C(=O)O)C(=O)O)NC(=O)[C@H](CC(=O)O)NC(C)=O)C(=O)N[C@@H](CC1CCCCC1)C(=O)N[C@H](CS)C(=O)O. The zero-order valence-electron chi connectivity index (χ0n) is 32.9. The Morgan fingerprint density at radius 3 is 1.53 bits per heavy atom. The minimum Gasteiger partial charge on any atom is -0.481 e. The quantitative estimate of drug-likeness (QED) is 0.0414. The highest BCUT2D eigenvalue weighted by atomic mass is 32.1. The molecule has 21 heteroatoms. The topological polar surface area (TPSA) is 324 Å². The molecule has 0 aromatic carbocycles. The van der Waals surface area contributed by atoms with Crippen LogP contribution in [0.2, 0.25) is 0 Å². The third-order valence-electron chi connectivity index (χ3n) is 9.63. The highest BCUT2D eigenvalue weighted by molar-refractivity contribution is 7.80. The monoisotopic (exact) mass is 830 g/mol. The van der Waals surface area contributed by atoms with Gasteiger partial charge in [0.2, 0.25) is 35.4 Å². The van der Waals surface area contributed by atoms with E-state index in [-0.39, 0.29) is 30.4 Å². The summed E-state index contributed by atoms with van der Waals surface area (Å²) >= 11 is 4.00. The van der Waals surface area contributed by atoms with Gasteiger partial charge in [-0.15, -0.1) is 0 Å². The fraction of sp³-hybridized carbons (Fsp3) is 0.722. The number of rotatable bonds is 25. The van der Waals surface area contributed by atoms with Crippen LogP contribution < -0.4 is 31.9 Å². The third kappa shape index (κ3) is 17.8. The Labute approximate surface area is 336 Å². The molecule has 1 rings (SSSR count). The highest BCUT2D eigenvalue weighted by Gasteiger charge is 2.38. The largest absolute Gasteiger partial charge is 0.481 e. The molecule has 57 heavy (non-hydrogen) atoms. The Bertz CT molecular complexity index is 1440. The van der Waals surface area contributed by atoms with Crippen molar-refractivity contribution in [2.24, 2.45) is 23.7 Å². The van der Waals surface area contributed by atoms with Gasteiger partial charge in [-0.2, -0.15) is 12.6 Å². The molecule has 6 amide bonds. The van der Waals surface area contributed by atoms with E-state index in [2.05, 4.69) is 44.5 Å².